The van der Waals surface area contributed by atoms with Gasteiger partial charge >= 0.3 is 0 Å². The van der Waals surface area contributed by atoms with Crippen LogP contribution < -0.4 is 4.90 Å². The van der Waals surface area contributed by atoms with Crippen LogP contribution in [0.2, 0.25) is 0 Å². The van der Waals surface area contributed by atoms with E-state index in [4.69, 9.17) is 0 Å². The van der Waals surface area contributed by atoms with E-state index in [9.17, 15) is 9.59 Å². The summed E-state index contributed by atoms with van der Waals surface area (Å²) in [5.74, 6) is 0.526. The first-order valence-corrected chi connectivity index (χ1v) is 12.9. The van der Waals surface area contributed by atoms with Crippen molar-refractivity contribution in [2.24, 2.45) is 5.92 Å². The summed E-state index contributed by atoms with van der Waals surface area (Å²) < 4.78 is 0. The second kappa shape index (κ2) is 10.9. The largest absolute Gasteiger partial charge is 0.334 e. The number of pyridine rings is 1. The highest BCUT2D eigenvalue weighted by atomic mass is 32.1. The van der Waals surface area contributed by atoms with Gasteiger partial charge in [-0.05, 0) is 42.5 Å². The molecule has 174 valence electrons. The average molecular weight is 464 g/mol. The van der Waals surface area contributed by atoms with E-state index >= 15 is 0 Å². The first kappa shape index (κ1) is 23.4. The van der Waals surface area contributed by atoms with Crippen molar-refractivity contribution in [1.82, 2.24) is 9.88 Å². The molecule has 1 aliphatic rings. The zero-order valence-corrected chi connectivity index (χ0v) is 20.4. The molecule has 4 rings (SSSR count). The van der Waals surface area contributed by atoms with Gasteiger partial charge in [-0.1, -0.05) is 57.4 Å². The lowest BCUT2D eigenvalue weighted by Crippen LogP contribution is -2.36. The summed E-state index contributed by atoms with van der Waals surface area (Å²) in [5, 5.41) is 1.01. The van der Waals surface area contributed by atoms with Crippen LogP contribution in [-0.2, 0) is 11.3 Å². The highest BCUT2D eigenvalue weighted by Crippen LogP contribution is 2.28. The molecule has 3 heterocycles. The Morgan fingerprint density at radius 2 is 1.76 bits per heavy atom. The summed E-state index contributed by atoms with van der Waals surface area (Å²) in [7, 11) is 0. The normalized spacial score (nSPS) is 15.7. The van der Waals surface area contributed by atoms with Gasteiger partial charge in [0.2, 0.25) is 5.91 Å². The Bertz CT molecular complexity index is 1070. The molecule has 0 N–H and O–H groups in total. The van der Waals surface area contributed by atoms with Crippen molar-refractivity contribution >= 4 is 39.1 Å². The molecule has 0 bridgehead atoms. The minimum Gasteiger partial charge on any atom is -0.334 e. The number of hydrogen-bond acceptors (Lipinski definition) is 4. The van der Waals surface area contributed by atoms with Gasteiger partial charge in [0, 0.05) is 43.3 Å². The molecule has 5 nitrogen and oxygen atoms in total. The van der Waals surface area contributed by atoms with E-state index in [1.54, 1.807) is 6.20 Å². The Kier molecular flexibility index (Phi) is 7.76. The van der Waals surface area contributed by atoms with Gasteiger partial charge in [0.25, 0.3) is 5.91 Å². The molecular weight excluding hydrogens is 430 g/mol. The van der Waals surface area contributed by atoms with Crippen LogP contribution >= 0.6 is 11.3 Å². The van der Waals surface area contributed by atoms with Crippen LogP contribution in [0, 0.1) is 5.92 Å². The van der Waals surface area contributed by atoms with E-state index in [2.05, 4.69) is 24.9 Å². The molecule has 1 aliphatic heterocycles. The molecule has 2 aromatic heterocycles. The molecule has 0 unspecified atom stereocenters. The van der Waals surface area contributed by atoms with Crippen LogP contribution in [0.5, 0.6) is 0 Å². The molecule has 0 spiro atoms. The van der Waals surface area contributed by atoms with Crippen LogP contribution in [0.15, 0.2) is 48.7 Å². The Labute approximate surface area is 200 Å². The summed E-state index contributed by atoms with van der Waals surface area (Å²) >= 11 is 1.45. The third-order valence-electron chi connectivity index (χ3n) is 6.13. The van der Waals surface area contributed by atoms with Crippen molar-refractivity contribution < 1.29 is 9.59 Å². The van der Waals surface area contributed by atoms with Gasteiger partial charge in [-0.25, -0.2) is 4.98 Å². The second-order valence-electron chi connectivity index (χ2n) is 9.27. The summed E-state index contributed by atoms with van der Waals surface area (Å²) in [4.78, 5) is 36.7. The number of carbonyl (C=O) groups excluding carboxylic acids is 2. The van der Waals surface area contributed by atoms with E-state index in [1.807, 2.05) is 46.2 Å². The summed E-state index contributed by atoms with van der Waals surface area (Å²) in [6, 6.07) is 13.9. The van der Waals surface area contributed by atoms with Crippen LogP contribution in [-0.4, -0.2) is 34.8 Å². The minimum atomic E-state index is 0.0462. The van der Waals surface area contributed by atoms with E-state index in [0.717, 1.165) is 71.5 Å². The highest BCUT2D eigenvalue weighted by Gasteiger charge is 2.24. The number of aromatic nitrogens is 1. The Balaban J connectivity index is 1.66. The second-order valence-corrected chi connectivity index (χ2v) is 10.3. The minimum absolute atomic E-state index is 0.0462. The molecule has 33 heavy (non-hydrogen) atoms. The molecule has 3 aromatic rings. The Morgan fingerprint density at radius 3 is 2.55 bits per heavy atom. The van der Waals surface area contributed by atoms with Gasteiger partial charge in [0.1, 0.15) is 4.83 Å². The van der Waals surface area contributed by atoms with Gasteiger partial charge in [-0.15, -0.1) is 11.3 Å². The molecule has 0 saturated carbocycles. The van der Waals surface area contributed by atoms with E-state index in [0.29, 0.717) is 18.9 Å². The van der Waals surface area contributed by atoms with Crippen molar-refractivity contribution in [3.05, 3.63) is 59.1 Å². The maximum absolute atomic E-state index is 13.6. The lowest BCUT2D eigenvalue weighted by Gasteiger charge is -2.29. The van der Waals surface area contributed by atoms with E-state index in [1.165, 1.54) is 11.3 Å². The molecule has 0 atom stereocenters. The van der Waals surface area contributed by atoms with Crippen molar-refractivity contribution in [1.29, 1.82) is 0 Å². The summed E-state index contributed by atoms with van der Waals surface area (Å²) in [5.41, 5.74) is 1.97. The highest BCUT2D eigenvalue weighted by molar-refractivity contribution is 7.20. The quantitative estimate of drug-likeness (QED) is 0.459. The molecular formula is C27H33N3O2S. The van der Waals surface area contributed by atoms with Crippen LogP contribution in [0.3, 0.4) is 0 Å². The number of rotatable bonds is 3. The van der Waals surface area contributed by atoms with Gasteiger partial charge < -0.3 is 9.80 Å². The van der Waals surface area contributed by atoms with Gasteiger partial charge in [0.05, 0.1) is 4.88 Å². The third-order valence-corrected chi connectivity index (χ3v) is 7.18. The van der Waals surface area contributed by atoms with Gasteiger partial charge in [-0.3, -0.25) is 9.59 Å². The maximum Gasteiger partial charge on any atom is 0.264 e. The number of anilines is 1. The fraction of sp³-hybridized carbons (Fsp3) is 0.444. The van der Waals surface area contributed by atoms with Crippen molar-refractivity contribution in [2.75, 3.05) is 18.0 Å². The number of hydrogen-bond donors (Lipinski definition) is 0. The van der Waals surface area contributed by atoms with E-state index < -0.39 is 0 Å². The van der Waals surface area contributed by atoms with Crippen LogP contribution in [0.4, 0.5) is 5.69 Å². The van der Waals surface area contributed by atoms with Crippen molar-refractivity contribution in [3.8, 4) is 0 Å². The lowest BCUT2D eigenvalue weighted by molar-refractivity contribution is -0.119. The molecule has 0 saturated heterocycles. The molecule has 0 aliphatic carbocycles. The fourth-order valence-electron chi connectivity index (χ4n) is 4.44. The van der Waals surface area contributed by atoms with Gasteiger partial charge in [-0.2, -0.15) is 0 Å². The zero-order chi connectivity index (χ0) is 23.2. The predicted molar refractivity (Wildman–Crippen MR) is 136 cm³/mol. The molecule has 2 amide bonds. The smallest absolute Gasteiger partial charge is 0.264 e. The lowest BCUT2D eigenvalue weighted by atomic mass is 10.0. The topological polar surface area (TPSA) is 53.5 Å². The number of thiophene rings is 1. The first-order valence-electron chi connectivity index (χ1n) is 12.0. The molecule has 0 radical (unpaired) electrons. The molecule has 1 aromatic carbocycles. The Morgan fingerprint density at radius 1 is 1.00 bits per heavy atom. The zero-order valence-electron chi connectivity index (χ0n) is 19.6. The standard InChI is InChI=1S/C27H33N3O2S/c1-20(2)17-25(31)30-16-9-5-3-4-8-15-29(19-22-11-6-7-13-23(22)30)27(32)24-18-21-12-10-14-28-26(21)33-24/h6-7,10-14,18,20H,3-5,8-9,15-17,19H2,1-2H3. The summed E-state index contributed by atoms with van der Waals surface area (Å²) in [6.45, 7) is 6.12. The van der Waals surface area contributed by atoms with Gasteiger partial charge in [0.15, 0.2) is 0 Å². The van der Waals surface area contributed by atoms with Crippen molar-refractivity contribution in [2.45, 2.75) is 58.9 Å². The number of amides is 2. The molecule has 0 fully saturated rings. The number of nitrogens with zero attached hydrogens (tertiary/aromatic N) is 3. The monoisotopic (exact) mass is 463 g/mol. The number of benzene rings is 1. The maximum atomic E-state index is 13.6. The Hall–Kier alpha value is -2.73. The summed E-state index contributed by atoms with van der Waals surface area (Å²) in [6.07, 6.45) is 7.63. The number of carbonyl (C=O) groups is 2. The van der Waals surface area contributed by atoms with Crippen LogP contribution in [0.25, 0.3) is 10.2 Å². The first-order chi connectivity index (χ1) is 16.0. The van der Waals surface area contributed by atoms with E-state index in [-0.39, 0.29) is 11.8 Å². The number of fused-ring (bicyclic) bond motifs is 2. The molecule has 6 heteroatoms. The number of para-hydroxylation sites is 1. The third kappa shape index (κ3) is 5.80. The predicted octanol–water partition coefficient (Wildman–Crippen LogP) is 6.28. The average Bonchev–Trinajstić information content (AvgIpc) is 3.23. The fourth-order valence-corrected chi connectivity index (χ4v) is 5.41. The van der Waals surface area contributed by atoms with Crippen molar-refractivity contribution in [3.63, 3.8) is 0 Å². The van der Waals surface area contributed by atoms with Crippen LogP contribution in [0.1, 0.15) is 67.6 Å². The SMILES string of the molecule is CC(C)CC(=O)N1CCCCCCCN(C(=O)c2cc3cccnc3s2)Cc2ccccc21.